The van der Waals surface area contributed by atoms with Crippen molar-refractivity contribution in [1.82, 2.24) is 36.0 Å². The average molecular weight is 967 g/mol. The molecule has 1 aliphatic heterocycles. The minimum Gasteiger partial charge on any atom is -0.444 e. The topological polar surface area (TPSA) is 197 Å². The fourth-order valence-corrected chi connectivity index (χ4v) is 8.09. The highest BCUT2D eigenvalue weighted by molar-refractivity contribution is 5.98. The lowest BCUT2D eigenvalue weighted by molar-refractivity contribution is -0.292. The third-order valence-corrected chi connectivity index (χ3v) is 11.7. The minimum atomic E-state index is -5.88. The van der Waals surface area contributed by atoms with Gasteiger partial charge in [-0.25, -0.2) is 14.6 Å². The van der Waals surface area contributed by atoms with Crippen LogP contribution in [0, 0.1) is 18.8 Å². The molecule has 1 saturated carbocycles. The lowest BCUT2D eigenvalue weighted by Crippen LogP contribution is -2.48. The van der Waals surface area contributed by atoms with Crippen molar-refractivity contribution in [2.75, 3.05) is 25.0 Å². The van der Waals surface area contributed by atoms with E-state index in [1.165, 1.54) is 24.3 Å². The molecule has 1 aromatic heterocycles. The number of hydrogen-bond acceptors (Lipinski definition) is 9. The van der Waals surface area contributed by atoms with E-state index < -0.39 is 65.0 Å². The number of rotatable bonds is 13. The number of nitrogens with zero attached hydrogens (tertiary/aromatic N) is 3. The van der Waals surface area contributed by atoms with Crippen molar-refractivity contribution < 1.29 is 55.4 Å². The maximum absolute atomic E-state index is 14.0. The Hall–Kier alpha value is -6.60. The summed E-state index contributed by atoms with van der Waals surface area (Å²) in [6.07, 6.45) is -3.74. The number of likely N-dealkylation sites (tertiary alicyclic amines) is 1. The first-order valence-corrected chi connectivity index (χ1v) is 22.8. The number of aromatic amines is 1. The number of aryl methyl sites for hydroxylation is 1. The van der Waals surface area contributed by atoms with Gasteiger partial charge in [-0.1, -0.05) is 30.3 Å². The summed E-state index contributed by atoms with van der Waals surface area (Å²) in [7, 11) is 0. The molecule has 2 aliphatic rings. The highest BCUT2D eigenvalue weighted by Crippen LogP contribution is 2.42. The van der Waals surface area contributed by atoms with E-state index in [-0.39, 0.29) is 41.4 Å². The Bertz CT molecular complexity index is 2480. The molecule has 6 rings (SSSR count). The fraction of sp³-hybridized carbons (Fsp3) is 0.490. The van der Waals surface area contributed by atoms with E-state index in [0.717, 1.165) is 16.7 Å². The van der Waals surface area contributed by atoms with Gasteiger partial charge in [-0.05, 0) is 145 Å². The number of benzene rings is 3. The fourth-order valence-electron chi connectivity index (χ4n) is 8.09. The molecule has 1 aliphatic carbocycles. The number of hydrogen-bond donors (Lipinski definition) is 5. The number of alkyl halides is 5. The van der Waals surface area contributed by atoms with Gasteiger partial charge in [-0.3, -0.25) is 19.5 Å². The van der Waals surface area contributed by atoms with E-state index >= 15 is 0 Å². The number of anilines is 1. The van der Waals surface area contributed by atoms with E-state index in [4.69, 9.17) is 9.47 Å². The molecule has 0 bridgehead atoms. The van der Waals surface area contributed by atoms with Crippen LogP contribution in [0.1, 0.15) is 101 Å². The molecule has 0 radical (unpaired) electrons. The third-order valence-electron chi connectivity index (χ3n) is 11.7. The molecule has 20 heteroatoms. The first kappa shape index (κ1) is 51.8. The molecule has 2 fully saturated rings. The Labute approximate surface area is 397 Å². The standard InChI is InChI=1S/C49H59F5N8O7/c1-28-24-34(41(64)57-36-22-23-62(27-36)45(67)69-47(5,6)7)18-21-37(28)31-12-8-29(9-13-31)25-38(58-40(63)33-14-10-30(11-15-33)26-55-44(66)68-46(2,3)4)42(65)56-35-19-16-32(17-20-35)39-59-43(61-60-39)48(50,51)49(52,53)54/h8-9,12-13,16-21,24,30,33,36,38H,10-11,14-15,22-23,25-27H2,1-7H3,(H,55,66)(H,56,65)(H,57,64)(H,58,63)(H,59,60,61)/t30?,33?,36-,38+/m1/s1. The van der Waals surface area contributed by atoms with Crippen LogP contribution >= 0.6 is 0 Å². The van der Waals surface area contributed by atoms with Gasteiger partial charge < -0.3 is 35.6 Å². The number of ether oxygens (including phenoxy) is 2. The van der Waals surface area contributed by atoms with Crippen molar-refractivity contribution in [3.05, 3.63) is 89.2 Å². The molecule has 0 spiro atoms. The van der Waals surface area contributed by atoms with Crippen LogP contribution in [0.4, 0.5) is 37.2 Å². The monoisotopic (exact) mass is 966 g/mol. The molecule has 2 heterocycles. The van der Waals surface area contributed by atoms with Crippen LogP contribution in [-0.2, 0) is 31.4 Å². The summed E-state index contributed by atoms with van der Waals surface area (Å²) < 4.78 is 77.2. The molecule has 15 nitrogen and oxygen atoms in total. The summed E-state index contributed by atoms with van der Waals surface area (Å²) in [5.74, 6) is -8.73. The van der Waals surface area contributed by atoms with Gasteiger partial charge in [0.2, 0.25) is 17.6 Å². The molecule has 0 unspecified atom stereocenters. The van der Waals surface area contributed by atoms with Gasteiger partial charge >= 0.3 is 24.3 Å². The largest absolute Gasteiger partial charge is 0.461 e. The number of carbonyl (C=O) groups is 5. The first-order valence-electron chi connectivity index (χ1n) is 22.8. The summed E-state index contributed by atoms with van der Waals surface area (Å²) in [6, 6.07) is 17.0. The van der Waals surface area contributed by atoms with E-state index in [1.807, 2.05) is 37.3 Å². The predicted molar refractivity (Wildman–Crippen MR) is 246 cm³/mol. The van der Waals surface area contributed by atoms with Gasteiger partial charge in [0.15, 0.2) is 5.82 Å². The predicted octanol–water partition coefficient (Wildman–Crippen LogP) is 8.84. The van der Waals surface area contributed by atoms with Crippen molar-refractivity contribution in [3.8, 4) is 22.5 Å². The van der Waals surface area contributed by atoms with Gasteiger partial charge in [0.1, 0.15) is 17.2 Å². The highest BCUT2D eigenvalue weighted by Gasteiger charge is 2.61. The number of amides is 5. The Balaban J connectivity index is 1.11. The molecule has 372 valence electrons. The van der Waals surface area contributed by atoms with Crippen molar-refractivity contribution in [2.45, 2.75) is 122 Å². The van der Waals surface area contributed by atoms with Crippen LogP contribution in [0.15, 0.2) is 66.7 Å². The minimum absolute atomic E-state index is 0.0864. The van der Waals surface area contributed by atoms with Gasteiger partial charge in [-0.15, -0.1) is 0 Å². The third kappa shape index (κ3) is 14.0. The average Bonchev–Trinajstić information content (AvgIpc) is 3.96. The van der Waals surface area contributed by atoms with Crippen LogP contribution in [-0.4, -0.2) is 99.1 Å². The van der Waals surface area contributed by atoms with Gasteiger partial charge in [-0.2, -0.15) is 27.1 Å². The van der Waals surface area contributed by atoms with Crippen molar-refractivity contribution in [3.63, 3.8) is 0 Å². The number of nitrogens with one attached hydrogen (secondary N) is 5. The van der Waals surface area contributed by atoms with Crippen molar-refractivity contribution in [1.29, 1.82) is 0 Å². The van der Waals surface area contributed by atoms with E-state index in [2.05, 4.69) is 31.3 Å². The second kappa shape index (κ2) is 21.0. The quantitative estimate of drug-likeness (QED) is 0.0814. The lowest BCUT2D eigenvalue weighted by atomic mass is 9.81. The zero-order chi connectivity index (χ0) is 50.5. The number of alkyl carbamates (subject to hydrolysis) is 1. The summed E-state index contributed by atoms with van der Waals surface area (Å²) >= 11 is 0. The SMILES string of the molecule is Cc1cc(C(=O)N[C@@H]2CCN(C(=O)OC(C)(C)C)C2)ccc1-c1ccc(C[C@H](NC(=O)C2CCC(CNC(=O)OC(C)(C)C)CC2)C(=O)Nc2ccc(-c3n[nH]c(C(F)(F)C(F)(F)F)n3)cc2)cc1. The van der Waals surface area contributed by atoms with Gasteiger partial charge in [0, 0.05) is 54.8 Å². The number of halogens is 5. The normalized spacial score (nSPS) is 18.2. The van der Waals surface area contributed by atoms with Gasteiger partial charge in [0.25, 0.3) is 5.91 Å². The smallest absolute Gasteiger partial charge is 0.444 e. The van der Waals surface area contributed by atoms with E-state index in [9.17, 15) is 45.9 Å². The van der Waals surface area contributed by atoms with Crippen molar-refractivity contribution >= 4 is 35.6 Å². The van der Waals surface area contributed by atoms with E-state index in [0.29, 0.717) is 62.9 Å². The maximum atomic E-state index is 14.0. The number of H-pyrrole nitrogens is 1. The van der Waals surface area contributed by atoms with Crippen LogP contribution in [0.25, 0.3) is 22.5 Å². The summed E-state index contributed by atoms with van der Waals surface area (Å²) in [5.41, 5.74) is 2.81. The summed E-state index contributed by atoms with van der Waals surface area (Å²) in [6.45, 7) is 13.8. The van der Waals surface area contributed by atoms with Crippen LogP contribution in [0.3, 0.4) is 0 Å². The lowest BCUT2D eigenvalue weighted by Gasteiger charge is -2.29. The maximum Gasteiger partial charge on any atom is 0.461 e. The highest BCUT2D eigenvalue weighted by atomic mass is 19.4. The molecular formula is C49H59F5N8O7. The number of carbonyl (C=O) groups excluding carboxylic acids is 5. The molecule has 3 aromatic carbocycles. The number of aromatic nitrogens is 3. The Morgan fingerprint density at radius 2 is 1.45 bits per heavy atom. The zero-order valence-electron chi connectivity index (χ0n) is 39.6. The van der Waals surface area contributed by atoms with Crippen LogP contribution < -0.4 is 21.3 Å². The molecule has 2 atom stereocenters. The van der Waals surface area contributed by atoms with Crippen LogP contribution in [0.2, 0.25) is 0 Å². The van der Waals surface area contributed by atoms with Gasteiger partial charge in [0.05, 0.1) is 0 Å². The second-order valence-corrected chi connectivity index (χ2v) is 19.6. The molecule has 69 heavy (non-hydrogen) atoms. The zero-order valence-corrected chi connectivity index (χ0v) is 39.6. The van der Waals surface area contributed by atoms with Crippen molar-refractivity contribution in [2.24, 2.45) is 11.8 Å². The Morgan fingerprint density at radius 1 is 0.812 bits per heavy atom. The molecule has 5 N–H and O–H groups in total. The molecule has 1 saturated heterocycles. The molecule has 5 amide bonds. The molecular weight excluding hydrogens is 908 g/mol. The Morgan fingerprint density at radius 3 is 2.06 bits per heavy atom. The van der Waals surface area contributed by atoms with Crippen LogP contribution in [0.5, 0.6) is 0 Å². The summed E-state index contributed by atoms with van der Waals surface area (Å²) in [5, 5.41) is 16.7. The Kier molecular flexibility index (Phi) is 15.7. The molecule has 4 aromatic rings. The summed E-state index contributed by atoms with van der Waals surface area (Å²) in [4.78, 5) is 70.6. The second-order valence-electron chi connectivity index (χ2n) is 19.6. The first-order chi connectivity index (χ1) is 32.2. The van der Waals surface area contributed by atoms with E-state index in [1.54, 1.807) is 63.7 Å².